The van der Waals surface area contributed by atoms with Gasteiger partial charge in [0.05, 0.1) is 5.41 Å². The second kappa shape index (κ2) is 18.0. The predicted octanol–water partition coefficient (Wildman–Crippen LogP) is 16.2. The van der Waals surface area contributed by atoms with Crippen molar-refractivity contribution < 1.29 is 0 Å². The van der Waals surface area contributed by atoms with Crippen molar-refractivity contribution in [2.75, 3.05) is 4.90 Å². The first kappa shape index (κ1) is 40.0. The van der Waals surface area contributed by atoms with Gasteiger partial charge in [-0.2, -0.15) is 0 Å². The monoisotopic (exact) mass is 797 g/mol. The molecule has 0 fully saturated rings. The molecule has 2 aliphatic rings. The van der Waals surface area contributed by atoms with E-state index in [-0.39, 0.29) is 0 Å². The molecule has 0 aromatic heterocycles. The summed E-state index contributed by atoms with van der Waals surface area (Å²) in [5, 5.41) is 5.05. The van der Waals surface area contributed by atoms with Gasteiger partial charge in [0.25, 0.3) is 0 Å². The Labute approximate surface area is 367 Å². The first-order valence-corrected chi connectivity index (χ1v) is 21.7. The number of benzene rings is 7. The third-order valence-electron chi connectivity index (χ3n) is 12.4. The first-order valence-electron chi connectivity index (χ1n) is 21.7. The lowest BCUT2D eigenvalue weighted by Gasteiger charge is -2.35. The van der Waals surface area contributed by atoms with Crippen LogP contribution in [0.5, 0.6) is 0 Å². The van der Waals surface area contributed by atoms with Gasteiger partial charge in [-0.3, -0.25) is 0 Å². The molecule has 0 aliphatic heterocycles. The molecule has 1 heteroatoms. The normalized spacial score (nSPS) is 17.7. The molecular weight excluding hydrogens is 747 g/mol. The van der Waals surface area contributed by atoms with Crippen LogP contribution < -0.4 is 4.90 Å². The highest BCUT2D eigenvalue weighted by molar-refractivity contribution is 6.13. The predicted molar refractivity (Wildman–Crippen MR) is 267 cm³/mol. The Morgan fingerprint density at radius 2 is 1.26 bits per heavy atom. The molecule has 7 aromatic carbocycles. The lowest BCUT2D eigenvalue weighted by atomic mass is 9.66. The molecule has 2 aliphatic carbocycles. The summed E-state index contributed by atoms with van der Waals surface area (Å²) >= 11 is 0. The highest BCUT2D eigenvalue weighted by Crippen LogP contribution is 2.55. The number of allylic oxidation sites excluding steroid dienone is 16. The van der Waals surface area contributed by atoms with Crippen LogP contribution >= 0.6 is 0 Å². The van der Waals surface area contributed by atoms with Crippen molar-refractivity contribution in [3.8, 4) is 11.1 Å². The highest BCUT2D eigenvalue weighted by Gasteiger charge is 2.46. The minimum Gasteiger partial charge on any atom is -0.321 e. The Morgan fingerprint density at radius 3 is 1.98 bits per heavy atom. The Morgan fingerprint density at radius 1 is 0.629 bits per heavy atom. The van der Waals surface area contributed by atoms with Crippen LogP contribution in [-0.4, -0.2) is 0 Å². The van der Waals surface area contributed by atoms with Crippen molar-refractivity contribution >= 4 is 32.8 Å². The van der Waals surface area contributed by atoms with Crippen LogP contribution in [0.2, 0.25) is 0 Å². The Kier molecular flexibility index (Phi) is 11.6. The fraction of sp³-hybridized carbons (Fsp3) is 0.0820. The van der Waals surface area contributed by atoms with Crippen LogP contribution in [0, 0.1) is 0 Å². The molecule has 0 spiro atoms. The van der Waals surface area contributed by atoms with Crippen LogP contribution in [0.4, 0.5) is 5.69 Å². The number of nitrogens with zero attached hydrogens (tertiary/aromatic N) is 1. The van der Waals surface area contributed by atoms with Crippen LogP contribution in [0.15, 0.2) is 266 Å². The molecular formula is C61H51N. The van der Waals surface area contributed by atoms with Gasteiger partial charge in [0.2, 0.25) is 0 Å². The molecule has 0 saturated heterocycles. The fourth-order valence-electron chi connectivity index (χ4n) is 9.45. The van der Waals surface area contributed by atoms with Gasteiger partial charge >= 0.3 is 0 Å². The van der Waals surface area contributed by atoms with Crippen LogP contribution in [0.25, 0.3) is 38.2 Å². The second-order valence-electron chi connectivity index (χ2n) is 16.0. The maximum Gasteiger partial charge on any atom is 0.0710 e. The molecule has 300 valence electrons. The first-order chi connectivity index (χ1) is 30.6. The van der Waals surface area contributed by atoms with E-state index in [1.54, 1.807) is 0 Å². The zero-order valence-electron chi connectivity index (χ0n) is 35.6. The highest BCUT2D eigenvalue weighted by atomic mass is 15.1. The summed E-state index contributed by atoms with van der Waals surface area (Å²) in [7, 11) is 0. The molecule has 62 heavy (non-hydrogen) atoms. The third-order valence-corrected chi connectivity index (χ3v) is 12.4. The van der Waals surface area contributed by atoms with E-state index in [1.807, 2.05) is 6.08 Å². The van der Waals surface area contributed by atoms with E-state index in [4.69, 9.17) is 0 Å². The Bertz CT molecular complexity index is 2980. The van der Waals surface area contributed by atoms with Crippen molar-refractivity contribution in [1.29, 1.82) is 0 Å². The minimum absolute atomic E-state index is 0.505. The largest absolute Gasteiger partial charge is 0.321 e. The van der Waals surface area contributed by atoms with Crippen LogP contribution in [0.3, 0.4) is 0 Å². The zero-order valence-corrected chi connectivity index (χ0v) is 35.6. The van der Waals surface area contributed by atoms with Crippen molar-refractivity contribution in [1.82, 2.24) is 0 Å². The van der Waals surface area contributed by atoms with E-state index in [9.17, 15) is 0 Å². The molecule has 0 atom stereocenters. The van der Waals surface area contributed by atoms with E-state index in [2.05, 4.69) is 256 Å². The number of hydrogen-bond acceptors (Lipinski definition) is 1. The lowest BCUT2D eigenvalue weighted by Crippen LogP contribution is -2.30. The third kappa shape index (κ3) is 7.59. The van der Waals surface area contributed by atoms with Crippen molar-refractivity contribution in [2.45, 2.75) is 32.1 Å². The zero-order chi connectivity index (χ0) is 42.3. The summed E-state index contributed by atoms with van der Waals surface area (Å²) < 4.78 is 0. The molecule has 9 rings (SSSR count). The number of anilines is 1. The second-order valence-corrected chi connectivity index (χ2v) is 16.0. The van der Waals surface area contributed by atoms with Gasteiger partial charge in [0.15, 0.2) is 0 Å². The van der Waals surface area contributed by atoms with Gasteiger partial charge in [-0.05, 0) is 134 Å². The summed E-state index contributed by atoms with van der Waals surface area (Å²) in [5.41, 5.74) is 14.0. The van der Waals surface area contributed by atoms with E-state index in [0.29, 0.717) is 0 Å². The maximum atomic E-state index is 4.23. The summed E-state index contributed by atoms with van der Waals surface area (Å²) in [4.78, 5) is 2.33. The smallest absolute Gasteiger partial charge is 0.0710 e. The molecule has 0 amide bonds. The van der Waals surface area contributed by atoms with Crippen LogP contribution in [-0.2, 0) is 5.41 Å². The van der Waals surface area contributed by atoms with Crippen LogP contribution in [0.1, 0.15) is 48.9 Å². The molecule has 0 saturated carbocycles. The molecule has 0 bridgehead atoms. The van der Waals surface area contributed by atoms with Gasteiger partial charge in [0, 0.05) is 17.6 Å². The Balaban J connectivity index is 1.19. The van der Waals surface area contributed by atoms with Gasteiger partial charge in [-0.15, -0.1) is 0 Å². The summed E-state index contributed by atoms with van der Waals surface area (Å²) in [6.45, 7) is 8.76. The number of rotatable bonds is 10. The average Bonchev–Trinajstić information content (AvgIpc) is 3.58. The number of fused-ring (bicyclic) bond motifs is 4. The summed E-state index contributed by atoms with van der Waals surface area (Å²) in [5.74, 6) is 0. The van der Waals surface area contributed by atoms with Gasteiger partial charge in [-0.25, -0.2) is 0 Å². The molecule has 0 heterocycles. The Hall–Kier alpha value is -7.48. The fourth-order valence-corrected chi connectivity index (χ4v) is 9.45. The molecule has 0 radical (unpaired) electrons. The summed E-state index contributed by atoms with van der Waals surface area (Å²) in [6, 6.07) is 59.9. The molecule has 7 aromatic rings. The van der Waals surface area contributed by atoms with E-state index in [1.165, 1.54) is 66.1 Å². The van der Waals surface area contributed by atoms with Gasteiger partial charge in [-0.1, -0.05) is 207 Å². The average molecular weight is 798 g/mol. The van der Waals surface area contributed by atoms with Crippen molar-refractivity contribution in [3.63, 3.8) is 0 Å². The standard InChI is InChI=1S/C61H51N/c1-4-47(48-25-12-8-6-5-7-9-13-26-48)28-24-42-62(53-40-38-49(39-41-53)58-44-50-27-18-19-34-55(50)56-35-20-21-36-57(56)58)45(2)43-60-46(3)54-33-22-23-37-59(54)61(60,51-29-14-10-15-30-51)52-31-16-11-17-32-52/h4-8,10-11,13-44H,1,9,12H2,2-3H3/b7-5-,8-6-,26-13-,42-24+,45-43+,47-28+,48-25+. The van der Waals surface area contributed by atoms with Crippen molar-refractivity contribution in [2.24, 2.45) is 0 Å². The summed E-state index contributed by atoms with van der Waals surface area (Å²) in [6.07, 6.45) is 28.0. The molecule has 1 nitrogen and oxygen atoms in total. The maximum absolute atomic E-state index is 4.23. The number of hydrogen-bond donors (Lipinski definition) is 0. The van der Waals surface area contributed by atoms with E-state index in [0.717, 1.165) is 35.4 Å². The SMILES string of the molecule is C=CC(=C\C=C\N(/C(C)=C/C1=C(C)c2ccccc2C1(c1ccccc1)c1ccccc1)c1ccc(-c2cc3ccccc3c3ccccc23)cc1)/C1=C/C/C=C\C=C/C/C=C\1. The van der Waals surface area contributed by atoms with E-state index >= 15 is 0 Å². The van der Waals surface area contributed by atoms with Crippen molar-refractivity contribution in [3.05, 3.63) is 288 Å². The molecule has 0 unspecified atom stereocenters. The van der Waals surface area contributed by atoms with Gasteiger partial charge in [0.1, 0.15) is 0 Å². The van der Waals surface area contributed by atoms with Gasteiger partial charge < -0.3 is 4.90 Å². The van der Waals surface area contributed by atoms with E-state index < -0.39 is 5.41 Å². The lowest BCUT2D eigenvalue weighted by molar-refractivity contribution is 0.759. The quantitative estimate of drug-likeness (QED) is 0.0984. The topological polar surface area (TPSA) is 3.24 Å². The molecule has 0 N–H and O–H groups in total. The minimum atomic E-state index is -0.505.